The molecule has 7 heteroatoms. The van der Waals surface area contributed by atoms with Crippen molar-refractivity contribution in [3.05, 3.63) is 59.7 Å². The van der Waals surface area contributed by atoms with Crippen LogP contribution in [0.15, 0.2) is 48.5 Å². The fourth-order valence-corrected chi connectivity index (χ4v) is 4.21. The van der Waals surface area contributed by atoms with Gasteiger partial charge in [-0.3, -0.25) is 15.0 Å². The van der Waals surface area contributed by atoms with Crippen LogP contribution in [0.25, 0.3) is 0 Å². The summed E-state index contributed by atoms with van der Waals surface area (Å²) in [5, 5.41) is 4.92. The van der Waals surface area contributed by atoms with Crippen LogP contribution in [0.4, 0.5) is 4.79 Å². The molecule has 4 rings (SSSR count). The highest BCUT2D eigenvalue weighted by Gasteiger charge is 2.37. The molecule has 0 aromatic heterocycles. The first-order valence-electron chi connectivity index (χ1n) is 10.4. The number of carbonyl (C=O) groups is 2. The molecule has 30 heavy (non-hydrogen) atoms. The topological polar surface area (TPSA) is 79.9 Å². The summed E-state index contributed by atoms with van der Waals surface area (Å²) in [6, 6.07) is 14.6. The van der Waals surface area contributed by atoms with Gasteiger partial charge in [0.1, 0.15) is 6.04 Å². The minimum atomic E-state index is -0.563. The third-order valence-corrected chi connectivity index (χ3v) is 5.61. The second kappa shape index (κ2) is 9.17. The van der Waals surface area contributed by atoms with Crippen LogP contribution in [0.2, 0.25) is 0 Å². The van der Waals surface area contributed by atoms with Gasteiger partial charge in [0.05, 0.1) is 13.2 Å². The van der Waals surface area contributed by atoms with Crippen molar-refractivity contribution >= 4 is 11.9 Å². The number of imide groups is 1. The molecule has 1 fully saturated rings. The van der Waals surface area contributed by atoms with Gasteiger partial charge in [-0.15, -0.1) is 0 Å². The van der Waals surface area contributed by atoms with Crippen LogP contribution >= 0.6 is 0 Å². The van der Waals surface area contributed by atoms with Gasteiger partial charge >= 0.3 is 6.03 Å². The highest BCUT2D eigenvalue weighted by Crippen LogP contribution is 2.41. The Balaban J connectivity index is 1.65. The van der Waals surface area contributed by atoms with E-state index in [2.05, 4.69) is 21.6 Å². The van der Waals surface area contributed by atoms with Crippen LogP contribution in [0.3, 0.4) is 0 Å². The molecule has 1 saturated heterocycles. The van der Waals surface area contributed by atoms with E-state index in [0.717, 1.165) is 48.4 Å². The van der Waals surface area contributed by atoms with Gasteiger partial charge in [0.25, 0.3) is 0 Å². The second-order valence-electron chi connectivity index (χ2n) is 7.53. The molecule has 2 aromatic carbocycles. The van der Waals surface area contributed by atoms with E-state index in [1.807, 2.05) is 42.5 Å². The molecule has 3 amide bonds. The Morgan fingerprint density at radius 1 is 1.03 bits per heavy atom. The number of urea groups is 1. The Morgan fingerprint density at radius 3 is 2.57 bits per heavy atom. The Labute approximate surface area is 176 Å². The summed E-state index contributed by atoms with van der Waals surface area (Å²) in [5.41, 5.74) is 1.95. The third kappa shape index (κ3) is 4.26. The molecular weight excluding hydrogens is 382 g/mol. The minimum absolute atomic E-state index is 0.0443. The smallest absolute Gasteiger partial charge is 0.321 e. The van der Waals surface area contributed by atoms with E-state index in [4.69, 9.17) is 9.47 Å². The molecule has 2 aromatic rings. The minimum Gasteiger partial charge on any atom is -0.490 e. The average molecular weight is 409 g/mol. The van der Waals surface area contributed by atoms with E-state index in [1.165, 1.54) is 7.05 Å². The van der Waals surface area contributed by atoms with Crippen LogP contribution < -0.4 is 20.1 Å². The van der Waals surface area contributed by atoms with Crippen molar-refractivity contribution in [1.82, 2.24) is 15.5 Å². The number of ether oxygens (including phenoxy) is 2. The number of nitrogens with one attached hydrogen (secondary N) is 2. The van der Waals surface area contributed by atoms with Gasteiger partial charge in [-0.1, -0.05) is 36.4 Å². The summed E-state index contributed by atoms with van der Waals surface area (Å²) in [5.74, 6) is 1.18. The number of hydrogen-bond acceptors (Lipinski definition) is 5. The normalized spacial score (nSPS) is 19.6. The maximum atomic E-state index is 13.1. The molecule has 0 bridgehead atoms. The Bertz CT molecular complexity index is 903. The first kappa shape index (κ1) is 20.2. The summed E-state index contributed by atoms with van der Waals surface area (Å²) < 4.78 is 11.6. The lowest BCUT2D eigenvalue weighted by Crippen LogP contribution is -2.45. The largest absolute Gasteiger partial charge is 0.490 e. The fraction of sp³-hybridized carbons (Fsp3) is 0.391. The summed E-state index contributed by atoms with van der Waals surface area (Å²) in [4.78, 5) is 27.1. The number of amides is 3. The zero-order valence-corrected chi connectivity index (χ0v) is 17.1. The predicted molar refractivity (Wildman–Crippen MR) is 113 cm³/mol. The number of likely N-dealkylation sites (tertiary alicyclic amines) is 1. The van der Waals surface area contributed by atoms with Crippen LogP contribution in [-0.2, 0) is 4.79 Å². The molecule has 2 atom stereocenters. The van der Waals surface area contributed by atoms with Gasteiger partial charge in [0, 0.05) is 19.5 Å². The Morgan fingerprint density at radius 2 is 1.80 bits per heavy atom. The molecule has 2 heterocycles. The molecule has 0 saturated carbocycles. The van der Waals surface area contributed by atoms with Gasteiger partial charge in [-0.2, -0.15) is 0 Å². The van der Waals surface area contributed by atoms with E-state index in [-0.39, 0.29) is 11.9 Å². The summed E-state index contributed by atoms with van der Waals surface area (Å²) >= 11 is 0. The van der Waals surface area contributed by atoms with Crippen molar-refractivity contribution in [2.45, 2.75) is 31.3 Å². The molecular formula is C23H27N3O4. The van der Waals surface area contributed by atoms with Gasteiger partial charge in [-0.25, -0.2) is 4.79 Å². The lowest BCUT2D eigenvalue weighted by molar-refractivity contribution is -0.126. The molecule has 2 aliphatic rings. The van der Waals surface area contributed by atoms with E-state index in [1.54, 1.807) is 0 Å². The zero-order chi connectivity index (χ0) is 20.9. The molecule has 7 nitrogen and oxygen atoms in total. The summed E-state index contributed by atoms with van der Waals surface area (Å²) in [7, 11) is 1.50. The van der Waals surface area contributed by atoms with Crippen LogP contribution in [-0.4, -0.2) is 43.6 Å². The van der Waals surface area contributed by atoms with Crippen molar-refractivity contribution in [2.75, 3.05) is 26.8 Å². The highest BCUT2D eigenvalue weighted by atomic mass is 16.5. The number of nitrogens with zero attached hydrogens (tertiary/aromatic N) is 1. The Kier molecular flexibility index (Phi) is 6.18. The van der Waals surface area contributed by atoms with Gasteiger partial charge in [0.2, 0.25) is 5.91 Å². The van der Waals surface area contributed by atoms with Crippen LogP contribution in [0, 0.1) is 0 Å². The Hall–Kier alpha value is -3.06. The lowest BCUT2D eigenvalue weighted by atomic mass is 9.99. The van der Waals surface area contributed by atoms with Gasteiger partial charge in [-0.05, 0) is 42.6 Å². The number of benzene rings is 2. The lowest BCUT2D eigenvalue weighted by Gasteiger charge is -2.32. The SMILES string of the molecule is CNC(=O)NC(=O)[C@@H](c1ccccc1)N1CCC[C@@H]1c1ccc2c(c1)OCCCO2. The maximum absolute atomic E-state index is 13.1. The van der Waals surface area contributed by atoms with E-state index in [9.17, 15) is 9.59 Å². The quantitative estimate of drug-likeness (QED) is 0.811. The van der Waals surface area contributed by atoms with E-state index in [0.29, 0.717) is 13.2 Å². The standard InChI is InChI=1S/C23H27N3O4/c1-24-23(28)25-22(27)21(16-7-3-2-4-8-16)26-12-5-9-18(26)17-10-11-19-20(15-17)30-14-6-13-29-19/h2-4,7-8,10-11,15,18,21H,5-6,9,12-14H2,1H3,(H2,24,25,27,28)/t18-,21-/m1/s1. The number of carbonyl (C=O) groups excluding carboxylic acids is 2. The highest BCUT2D eigenvalue weighted by molar-refractivity contribution is 5.97. The van der Waals surface area contributed by atoms with Crippen LogP contribution in [0.5, 0.6) is 11.5 Å². The summed E-state index contributed by atoms with van der Waals surface area (Å²) in [6.07, 6.45) is 2.75. The van der Waals surface area contributed by atoms with Crippen molar-refractivity contribution in [1.29, 1.82) is 0 Å². The van der Waals surface area contributed by atoms with Gasteiger partial charge in [0.15, 0.2) is 11.5 Å². The van der Waals surface area contributed by atoms with E-state index >= 15 is 0 Å². The molecule has 0 unspecified atom stereocenters. The van der Waals surface area contributed by atoms with Crippen molar-refractivity contribution in [3.8, 4) is 11.5 Å². The number of hydrogen-bond donors (Lipinski definition) is 2. The first-order valence-corrected chi connectivity index (χ1v) is 10.4. The predicted octanol–water partition coefficient (Wildman–Crippen LogP) is 3.18. The monoisotopic (exact) mass is 409 g/mol. The number of rotatable bonds is 4. The molecule has 0 spiro atoms. The van der Waals surface area contributed by atoms with Crippen molar-refractivity contribution in [3.63, 3.8) is 0 Å². The van der Waals surface area contributed by atoms with Gasteiger partial charge < -0.3 is 14.8 Å². The van der Waals surface area contributed by atoms with Crippen molar-refractivity contribution in [2.24, 2.45) is 0 Å². The number of fused-ring (bicyclic) bond motifs is 1. The first-order chi connectivity index (χ1) is 14.7. The average Bonchev–Trinajstić information content (AvgIpc) is 3.11. The molecule has 2 N–H and O–H groups in total. The maximum Gasteiger partial charge on any atom is 0.321 e. The third-order valence-electron chi connectivity index (χ3n) is 5.61. The molecule has 0 aliphatic carbocycles. The molecule has 2 aliphatic heterocycles. The second-order valence-corrected chi connectivity index (χ2v) is 7.53. The molecule has 0 radical (unpaired) electrons. The van der Waals surface area contributed by atoms with Crippen molar-refractivity contribution < 1.29 is 19.1 Å². The van der Waals surface area contributed by atoms with Crippen LogP contribution in [0.1, 0.15) is 42.5 Å². The fourth-order valence-electron chi connectivity index (χ4n) is 4.21. The zero-order valence-electron chi connectivity index (χ0n) is 17.1. The summed E-state index contributed by atoms with van der Waals surface area (Å²) in [6.45, 7) is 2.05. The van der Waals surface area contributed by atoms with E-state index < -0.39 is 12.1 Å². The molecule has 158 valence electrons.